The van der Waals surface area contributed by atoms with E-state index < -0.39 is 39.9 Å². The van der Waals surface area contributed by atoms with Gasteiger partial charge in [-0.05, 0) is 54.5 Å². The Labute approximate surface area is 239 Å². The van der Waals surface area contributed by atoms with Crippen molar-refractivity contribution >= 4 is 16.0 Å². The van der Waals surface area contributed by atoms with Crippen molar-refractivity contribution in [2.75, 3.05) is 4.72 Å². The third kappa shape index (κ3) is 6.76. The van der Waals surface area contributed by atoms with Crippen LogP contribution >= 0.6 is 0 Å². The minimum absolute atomic E-state index is 0.0673. The summed E-state index contributed by atoms with van der Waals surface area (Å²) in [5, 5.41) is 0. The molecule has 0 amide bonds. The number of hydrogen-bond acceptors (Lipinski definition) is 5. The molecule has 0 unspecified atom stereocenters. The number of nitrogens with one attached hydrogen (secondary N) is 1. The van der Waals surface area contributed by atoms with E-state index in [1.165, 1.54) is 48.7 Å². The van der Waals surface area contributed by atoms with E-state index in [-0.39, 0.29) is 27.6 Å². The maximum Gasteiger partial charge on any atom is 0.417 e. The van der Waals surface area contributed by atoms with E-state index in [0.717, 1.165) is 11.6 Å². The smallest absolute Gasteiger partial charge is 0.317 e. The summed E-state index contributed by atoms with van der Waals surface area (Å²) in [5.74, 6) is -0.497. The second-order valence-electron chi connectivity index (χ2n) is 10.1. The molecule has 220 valence electrons. The van der Waals surface area contributed by atoms with Crippen LogP contribution in [-0.4, -0.2) is 30.6 Å². The largest absolute Gasteiger partial charge is 0.417 e. The fourth-order valence-corrected chi connectivity index (χ4v) is 6.14. The molecule has 0 spiro atoms. The quantitative estimate of drug-likeness (QED) is 0.207. The van der Waals surface area contributed by atoms with Gasteiger partial charge in [-0.3, -0.25) is 0 Å². The van der Waals surface area contributed by atoms with E-state index in [9.17, 15) is 30.4 Å². The zero-order valence-electron chi connectivity index (χ0n) is 22.3. The molecule has 1 fully saturated rings. The standard InChI is InChI=1S/C30H26F5N3O3S/c1-29(31,32)41-22-15-14-20(17-22)19-8-7-9-21(16-19)25-18-36-28(38-42(39,40)23-10-3-2-4-11-23)37-27(25)24-12-5-6-13-26(24)30(33,34)35/h2-13,16,18,20,22H,14-15,17H2,1H3,(H,36,37,38)/t20-,22-/m0/s1. The lowest BCUT2D eigenvalue weighted by Crippen LogP contribution is -2.22. The molecule has 2 atom stereocenters. The van der Waals surface area contributed by atoms with E-state index in [0.29, 0.717) is 31.7 Å². The Kier molecular flexibility index (Phi) is 8.04. The van der Waals surface area contributed by atoms with Crippen molar-refractivity contribution in [2.45, 2.75) is 55.4 Å². The molecule has 1 aliphatic carbocycles. The van der Waals surface area contributed by atoms with Crippen LogP contribution in [0, 0.1) is 0 Å². The van der Waals surface area contributed by atoms with Gasteiger partial charge < -0.3 is 4.74 Å². The van der Waals surface area contributed by atoms with E-state index >= 15 is 0 Å². The first-order valence-corrected chi connectivity index (χ1v) is 14.6. The van der Waals surface area contributed by atoms with Crippen molar-refractivity contribution in [3.63, 3.8) is 0 Å². The van der Waals surface area contributed by atoms with E-state index in [4.69, 9.17) is 4.74 Å². The number of anilines is 1. The number of ether oxygens (including phenoxy) is 1. The van der Waals surface area contributed by atoms with Crippen molar-refractivity contribution in [3.05, 3.63) is 96.2 Å². The number of hydrogen-bond donors (Lipinski definition) is 1. The van der Waals surface area contributed by atoms with Crippen LogP contribution in [0.25, 0.3) is 22.4 Å². The van der Waals surface area contributed by atoms with Gasteiger partial charge in [0.1, 0.15) is 0 Å². The Morgan fingerprint density at radius 1 is 0.881 bits per heavy atom. The van der Waals surface area contributed by atoms with Gasteiger partial charge in [0.25, 0.3) is 10.0 Å². The van der Waals surface area contributed by atoms with Crippen molar-refractivity contribution < 1.29 is 35.1 Å². The molecule has 1 heterocycles. The van der Waals surface area contributed by atoms with Gasteiger partial charge in [0.2, 0.25) is 5.95 Å². The fraction of sp³-hybridized carbons (Fsp3) is 0.267. The lowest BCUT2D eigenvalue weighted by atomic mass is 9.92. The van der Waals surface area contributed by atoms with Crippen LogP contribution in [-0.2, 0) is 20.9 Å². The molecule has 6 nitrogen and oxygen atoms in total. The molecule has 1 N–H and O–H groups in total. The normalized spacial score (nSPS) is 17.8. The van der Waals surface area contributed by atoms with Crippen LogP contribution in [0.1, 0.15) is 43.2 Å². The number of alkyl halides is 5. The first kappa shape index (κ1) is 29.6. The Morgan fingerprint density at radius 2 is 1.60 bits per heavy atom. The Hall–Kier alpha value is -3.90. The van der Waals surface area contributed by atoms with Crippen LogP contribution in [0.2, 0.25) is 0 Å². The number of benzene rings is 3. The van der Waals surface area contributed by atoms with Gasteiger partial charge in [-0.15, -0.1) is 0 Å². The molecule has 4 aromatic rings. The maximum absolute atomic E-state index is 14.1. The Bertz CT molecular complexity index is 1680. The van der Waals surface area contributed by atoms with Gasteiger partial charge in [-0.2, -0.15) is 22.0 Å². The second-order valence-corrected chi connectivity index (χ2v) is 11.8. The third-order valence-electron chi connectivity index (χ3n) is 6.98. The highest BCUT2D eigenvalue weighted by Crippen LogP contribution is 2.42. The van der Waals surface area contributed by atoms with Gasteiger partial charge >= 0.3 is 12.3 Å². The summed E-state index contributed by atoms with van der Waals surface area (Å²) in [7, 11) is -4.13. The van der Waals surface area contributed by atoms with Gasteiger partial charge in [0.15, 0.2) is 0 Å². The molecule has 1 saturated carbocycles. The minimum Gasteiger partial charge on any atom is -0.317 e. The predicted octanol–water partition coefficient (Wildman–Crippen LogP) is 7.90. The van der Waals surface area contributed by atoms with Crippen LogP contribution in [0.4, 0.5) is 27.9 Å². The molecular weight excluding hydrogens is 577 g/mol. The molecule has 5 rings (SSSR count). The molecule has 42 heavy (non-hydrogen) atoms. The number of halogens is 5. The SMILES string of the molecule is CC(F)(F)O[C@H]1CC[C@H](c2cccc(-c3cnc(NS(=O)(=O)c4ccccc4)nc3-c3ccccc3C(F)(F)F)c2)C1. The number of nitrogens with zero attached hydrogens (tertiary/aromatic N) is 2. The van der Waals surface area contributed by atoms with Crippen molar-refractivity contribution in [2.24, 2.45) is 0 Å². The molecule has 0 bridgehead atoms. The first-order chi connectivity index (χ1) is 19.8. The highest BCUT2D eigenvalue weighted by atomic mass is 32.2. The van der Waals surface area contributed by atoms with Crippen LogP contribution in [0.5, 0.6) is 0 Å². The highest BCUT2D eigenvalue weighted by Gasteiger charge is 2.35. The predicted molar refractivity (Wildman–Crippen MR) is 147 cm³/mol. The van der Waals surface area contributed by atoms with Crippen LogP contribution in [0.3, 0.4) is 0 Å². The number of sulfonamides is 1. The highest BCUT2D eigenvalue weighted by molar-refractivity contribution is 7.92. The average Bonchev–Trinajstić information content (AvgIpc) is 3.40. The molecule has 1 aliphatic rings. The molecule has 0 radical (unpaired) electrons. The topological polar surface area (TPSA) is 81.2 Å². The third-order valence-corrected chi connectivity index (χ3v) is 8.33. The second kappa shape index (κ2) is 11.4. The summed E-state index contributed by atoms with van der Waals surface area (Å²) in [4.78, 5) is 8.35. The van der Waals surface area contributed by atoms with Gasteiger partial charge in [-0.25, -0.2) is 23.1 Å². The molecule has 3 aromatic carbocycles. The fourth-order valence-electron chi connectivity index (χ4n) is 5.17. The lowest BCUT2D eigenvalue weighted by molar-refractivity contribution is -0.248. The summed E-state index contributed by atoms with van der Waals surface area (Å²) >= 11 is 0. The zero-order valence-corrected chi connectivity index (χ0v) is 23.1. The van der Waals surface area contributed by atoms with Gasteiger partial charge in [0, 0.05) is 24.2 Å². The number of aromatic nitrogens is 2. The lowest BCUT2D eigenvalue weighted by Gasteiger charge is -2.19. The van der Waals surface area contributed by atoms with E-state index in [1.807, 2.05) is 6.07 Å². The van der Waals surface area contributed by atoms with Crippen molar-refractivity contribution in [1.29, 1.82) is 0 Å². The molecule has 0 saturated heterocycles. The van der Waals surface area contributed by atoms with E-state index in [2.05, 4.69) is 14.7 Å². The van der Waals surface area contributed by atoms with Crippen molar-refractivity contribution in [3.8, 4) is 22.4 Å². The molecule has 0 aliphatic heterocycles. The summed E-state index contributed by atoms with van der Waals surface area (Å²) in [6.07, 6.45) is -5.89. The molecular formula is C30H26F5N3O3S. The summed E-state index contributed by atoms with van der Waals surface area (Å²) < 4.78 is 102. The van der Waals surface area contributed by atoms with Gasteiger partial charge in [-0.1, -0.05) is 60.7 Å². The minimum atomic E-state index is -4.72. The molecule has 1 aromatic heterocycles. The number of rotatable bonds is 8. The van der Waals surface area contributed by atoms with Crippen LogP contribution in [0.15, 0.2) is 90.0 Å². The van der Waals surface area contributed by atoms with Gasteiger partial charge in [0.05, 0.1) is 22.3 Å². The Balaban J connectivity index is 1.57. The summed E-state index contributed by atoms with van der Waals surface area (Å²) in [6.45, 7) is 0.699. The van der Waals surface area contributed by atoms with E-state index in [1.54, 1.807) is 24.3 Å². The summed E-state index contributed by atoms with van der Waals surface area (Å²) in [6, 6.07) is 19.3. The first-order valence-electron chi connectivity index (χ1n) is 13.1. The Morgan fingerprint density at radius 3 is 2.31 bits per heavy atom. The summed E-state index contributed by atoms with van der Waals surface area (Å²) in [5.41, 5.74) is 0.201. The van der Waals surface area contributed by atoms with Crippen LogP contribution < -0.4 is 4.72 Å². The monoisotopic (exact) mass is 603 g/mol. The molecule has 12 heteroatoms. The van der Waals surface area contributed by atoms with Crippen molar-refractivity contribution in [1.82, 2.24) is 9.97 Å². The maximum atomic E-state index is 14.1. The zero-order chi connectivity index (χ0) is 30.1. The average molecular weight is 604 g/mol.